The molecule has 1 aromatic carbocycles. The van der Waals surface area contributed by atoms with Gasteiger partial charge < -0.3 is 4.90 Å². The van der Waals surface area contributed by atoms with Crippen molar-refractivity contribution in [3.63, 3.8) is 0 Å². The fourth-order valence-corrected chi connectivity index (χ4v) is 4.01. The van der Waals surface area contributed by atoms with Crippen molar-refractivity contribution in [1.29, 1.82) is 0 Å². The second-order valence-electron chi connectivity index (χ2n) is 6.84. The Labute approximate surface area is 168 Å². The molecule has 4 aromatic rings. The molecule has 0 radical (unpaired) electrons. The minimum atomic E-state index is -0.0396. The van der Waals surface area contributed by atoms with Crippen LogP contribution in [0.2, 0.25) is 0 Å². The highest BCUT2D eigenvalue weighted by Gasteiger charge is 2.23. The molecule has 6 heteroatoms. The highest BCUT2D eigenvalue weighted by Crippen LogP contribution is 2.30. The first-order valence-electron chi connectivity index (χ1n) is 9.39. The van der Waals surface area contributed by atoms with E-state index in [2.05, 4.69) is 18.9 Å². The number of para-hydroxylation sites is 1. The van der Waals surface area contributed by atoms with Crippen molar-refractivity contribution in [3.05, 3.63) is 65.7 Å². The fourth-order valence-electron chi connectivity index (χ4n) is 3.32. The smallest absolute Gasteiger partial charge is 0.259 e. The van der Waals surface area contributed by atoms with Crippen LogP contribution in [0.1, 0.15) is 37.2 Å². The van der Waals surface area contributed by atoms with Crippen LogP contribution in [0.25, 0.3) is 21.6 Å². The molecule has 1 amide bonds. The first-order chi connectivity index (χ1) is 13.6. The summed E-state index contributed by atoms with van der Waals surface area (Å²) in [6.07, 6.45) is 1.76. The maximum absolute atomic E-state index is 13.6. The van der Waals surface area contributed by atoms with Crippen LogP contribution in [0.5, 0.6) is 0 Å². The van der Waals surface area contributed by atoms with Gasteiger partial charge in [-0.15, -0.1) is 11.3 Å². The molecule has 0 N–H and O–H groups in total. The number of fused-ring (bicyclic) bond motifs is 1. The molecule has 3 heterocycles. The number of nitrogens with zero attached hydrogens (tertiary/aromatic N) is 4. The van der Waals surface area contributed by atoms with Gasteiger partial charge in [0.2, 0.25) is 0 Å². The van der Waals surface area contributed by atoms with E-state index in [1.807, 2.05) is 65.5 Å². The summed E-state index contributed by atoms with van der Waals surface area (Å²) in [7, 11) is 0. The van der Waals surface area contributed by atoms with E-state index in [1.165, 1.54) is 0 Å². The van der Waals surface area contributed by atoms with Gasteiger partial charge in [-0.1, -0.05) is 24.3 Å². The number of carbonyl (C=O) groups is 1. The van der Waals surface area contributed by atoms with Gasteiger partial charge in [0, 0.05) is 18.3 Å². The zero-order valence-electron chi connectivity index (χ0n) is 16.2. The third kappa shape index (κ3) is 3.20. The van der Waals surface area contributed by atoms with E-state index >= 15 is 0 Å². The zero-order valence-corrected chi connectivity index (χ0v) is 17.0. The topological polar surface area (TPSA) is 51.0 Å². The van der Waals surface area contributed by atoms with Gasteiger partial charge in [-0.3, -0.25) is 4.79 Å². The van der Waals surface area contributed by atoms with Gasteiger partial charge in [-0.2, -0.15) is 5.10 Å². The molecule has 0 fully saturated rings. The Hall–Kier alpha value is -2.99. The molecule has 4 rings (SSSR count). The van der Waals surface area contributed by atoms with Gasteiger partial charge in [-0.05, 0) is 50.4 Å². The van der Waals surface area contributed by atoms with E-state index < -0.39 is 0 Å². The van der Waals surface area contributed by atoms with E-state index in [0.717, 1.165) is 27.3 Å². The summed E-state index contributed by atoms with van der Waals surface area (Å²) in [6.45, 7) is 6.70. The molecule has 0 bridgehead atoms. The van der Waals surface area contributed by atoms with E-state index in [-0.39, 0.29) is 11.9 Å². The Morgan fingerprint density at radius 3 is 2.61 bits per heavy atom. The average molecular weight is 391 g/mol. The molecule has 3 aromatic heterocycles. The quantitative estimate of drug-likeness (QED) is 0.458. The fraction of sp³-hybridized carbons (Fsp3) is 0.227. The van der Waals surface area contributed by atoms with Crippen molar-refractivity contribution in [1.82, 2.24) is 14.8 Å². The lowest BCUT2D eigenvalue weighted by Gasteiger charge is -2.21. The molecule has 0 unspecified atom stereocenters. The van der Waals surface area contributed by atoms with E-state index in [0.29, 0.717) is 12.1 Å². The van der Waals surface area contributed by atoms with Gasteiger partial charge in [-0.25, -0.2) is 9.67 Å². The molecule has 0 atom stereocenters. The van der Waals surface area contributed by atoms with Crippen molar-refractivity contribution in [2.45, 2.75) is 26.8 Å². The van der Waals surface area contributed by atoms with Crippen LogP contribution < -0.4 is 4.90 Å². The van der Waals surface area contributed by atoms with Crippen molar-refractivity contribution in [2.75, 3.05) is 11.4 Å². The van der Waals surface area contributed by atoms with Crippen LogP contribution in [0.4, 0.5) is 5.69 Å². The number of carbonyl (C=O) groups excluding carboxylic acids is 1. The zero-order chi connectivity index (χ0) is 19.7. The predicted octanol–water partition coefficient (Wildman–Crippen LogP) is 5.41. The molecule has 0 saturated carbocycles. The highest BCUT2D eigenvalue weighted by atomic mass is 32.1. The number of hydrogen-bond donors (Lipinski definition) is 0. The number of hydrogen-bond acceptors (Lipinski definition) is 4. The first kappa shape index (κ1) is 18.4. The summed E-state index contributed by atoms with van der Waals surface area (Å²) in [5.41, 5.74) is 3.06. The van der Waals surface area contributed by atoms with Crippen LogP contribution in [0, 0.1) is 0 Å². The Bertz CT molecular complexity index is 1100. The summed E-state index contributed by atoms with van der Waals surface area (Å²) >= 11 is 1.62. The lowest BCUT2D eigenvalue weighted by Crippen LogP contribution is -2.30. The van der Waals surface area contributed by atoms with Gasteiger partial charge in [0.1, 0.15) is 0 Å². The number of benzene rings is 1. The summed E-state index contributed by atoms with van der Waals surface area (Å²) in [4.78, 5) is 21.2. The lowest BCUT2D eigenvalue weighted by molar-refractivity contribution is 0.0990. The van der Waals surface area contributed by atoms with Crippen LogP contribution in [0.3, 0.4) is 0 Å². The molecule has 0 aliphatic heterocycles. The van der Waals surface area contributed by atoms with E-state index in [1.54, 1.807) is 22.4 Å². The molecule has 0 aliphatic rings. The largest absolute Gasteiger partial charge is 0.309 e. The minimum Gasteiger partial charge on any atom is -0.309 e. The second-order valence-corrected chi connectivity index (χ2v) is 7.79. The lowest BCUT2D eigenvalue weighted by atomic mass is 10.1. The Morgan fingerprint density at radius 1 is 1.18 bits per heavy atom. The third-order valence-electron chi connectivity index (χ3n) is 4.69. The molecule has 0 saturated heterocycles. The van der Waals surface area contributed by atoms with E-state index in [9.17, 15) is 4.79 Å². The third-order valence-corrected chi connectivity index (χ3v) is 5.58. The van der Waals surface area contributed by atoms with Crippen LogP contribution in [-0.2, 0) is 0 Å². The van der Waals surface area contributed by atoms with Gasteiger partial charge in [0.15, 0.2) is 5.65 Å². The number of amides is 1. The standard InChI is InChI=1S/C22H22N4OS/c1-4-25(16-9-6-5-7-10-16)22(27)17-13-19(20-11-8-12-28-20)24-21-18(17)14-23-26(21)15(2)3/h5-15H,4H2,1-3H3. The molecule has 0 spiro atoms. The molecule has 28 heavy (non-hydrogen) atoms. The Morgan fingerprint density at radius 2 is 1.96 bits per heavy atom. The van der Waals surface area contributed by atoms with Crippen molar-refractivity contribution in [3.8, 4) is 10.6 Å². The number of anilines is 1. The average Bonchev–Trinajstić information content (AvgIpc) is 3.38. The summed E-state index contributed by atoms with van der Waals surface area (Å²) in [5.74, 6) is -0.0396. The van der Waals surface area contributed by atoms with E-state index in [4.69, 9.17) is 4.98 Å². The number of aromatic nitrogens is 3. The monoisotopic (exact) mass is 390 g/mol. The highest BCUT2D eigenvalue weighted by molar-refractivity contribution is 7.13. The molecule has 5 nitrogen and oxygen atoms in total. The van der Waals surface area contributed by atoms with Gasteiger partial charge >= 0.3 is 0 Å². The maximum atomic E-state index is 13.6. The molecular weight excluding hydrogens is 368 g/mol. The maximum Gasteiger partial charge on any atom is 0.259 e. The van der Waals surface area contributed by atoms with Gasteiger partial charge in [0.05, 0.1) is 27.7 Å². The SMILES string of the molecule is CCN(C(=O)c1cc(-c2cccs2)nc2c1cnn2C(C)C)c1ccccc1. The normalized spacial score (nSPS) is 11.3. The second kappa shape index (κ2) is 7.56. The Balaban J connectivity index is 1.91. The summed E-state index contributed by atoms with van der Waals surface area (Å²) in [6, 6.07) is 15.8. The minimum absolute atomic E-state index is 0.0396. The van der Waals surface area contributed by atoms with Crippen molar-refractivity contribution >= 4 is 34.0 Å². The number of pyridine rings is 1. The van der Waals surface area contributed by atoms with Crippen molar-refractivity contribution in [2.24, 2.45) is 0 Å². The summed E-state index contributed by atoms with van der Waals surface area (Å²) < 4.78 is 1.88. The Kier molecular flexibility index (Phi) is 4.96. The summed E-state index contributed by atoms with van der Waals surface area (Å²) in [5, 5.41) is 7.31. The van der Waals surface area contributed by atoms with Crippen LogP contribution >= 0.6 is 11.3 Å². The molecule has 0 aliphatic carbocycles. The predicted molar refractivity (Wildman–Crippen MR) is 115 cm³/mol. The van der Waals surface area contributed by atoms with Crippen LogP contribution in [-0.4, -0.2) is 27.2 Å². The molecule has 142 valence electrons. The number of rotatable bonds is 5. The van der Waals surface area contributed by atoms with Crippen LogP contribution in [0.15, 0.2) is 60.1 Å². The van der Waals surface area contributed by atoms with Crippen molar-refractivity contribution < 1.29 is 4.79 Å². The molecular formula is C22H22N4OS. The van der Waals surface area contributed by atoms with Gasteiger partial charge in [0.25, 0.3) is 5.91 Å². The number of thiophene rings is 1. The first-order valence-corrected chi connectivity index (χ1v) is 10.3.